The van der Waals surface area contributed by atoms with Crippen molar-refractivity contribution in [1.82, 2.24) is 14.9 Å². The van der Waals surface area contributed by atoms with Gasteiger partial charge < -0.3 is 20.5 Å². The van der Waals surface area contributed by atoms with Crippen LogP contribution in [0.3, 0.4) is 0 Å². The standard InChI is InChI=1S/C10H14N4O5S/c1-5-11-8(14(18)19)9(13(5)3)20-4-7(10(16)17)12-6(2)15/h7H,4H2,1-3H3,(H,12,15)(H,16,17). The zero-order valence-electron chi connectivity index (χ0n) is 11.1. The van der Waals surface area contributed by atoms with E-state index in [1.54, 1.807) is 14.0 Å². The first-order valence-corrected chi connectivity index (χ1v) is 6.53. The molecule has 1 aromatic heterocycles. The molecule has 1 atom stereocenters. The number of thioether (sulfide) groups is 1. The van der Waals surface area contributed by atoms with Gasteiger partial charge in [-0.2, -0.15) is 0 Å². The van der Waals surface area contributed by atoms with Crippen LogP contribution in [-0.2, 0) is 16.6 Å². The van der Waals surface area contributed by atoms with Gasteiger partial charge in [0.25, 0.3) is 0 Å². The number of aryl methyl sites for hydroxylation is 1. The summed E-state index contributed by atoms with van der Waals surface area (Å²) >= 11 is 0.964. The number of rotatable bonds is 6. The third kappa shape index (κ3) is 3.70. The number of nitrogens with zero attached hydrogens (tertiary/aromatic N) is 3. The molecule has 10 heteroatoms. The van der Waals surface area contributed by atoms with E-state index in [1.165, 1.54) is 11.5 Å². The highest BCUT2D eigenvalue weighted by molar-refractivity contribution is 7.99. The first-order chi connectivity index (χ1) is 9.23. The van der Waals surface area contributed by atoms with E-state index in [9.17, 15) is 19.7 Å². The van der Waals surface area contributed by atoms with Gasteiger partial charge in [0.2, 0.25) is 11.7 Å². The summed E-state index contributed by atoms with van der Waals surface area (Å²) in [6.45, 7) is 2.82. The summed E-state index contributed by atoms with van der Waals surface area (Å²) in [5, 5.41) is 22.4. The number of carbonyl (C=O) groups is 2. The lowest BCUT2D eigenvalue weighted by molar-refractivity contribution is -0.392. The zero-order chi connectivity index (χ0) is 15.4. The van der Waals surface area contributed by atoms with E-state index in [0.717, 1.165) is 11.8 Å². The van der Waals surface area contributed by atoms with Gasteiger partial charge in [0, 0.05) is 26.6 Å². The van der Waals surface area contributed by atoms with Gasteiger partial charge in [-0.1, -0.05) is 11.8 Å². The normalized spacial score (nSPS) is 11.9. The van der Waals surface area contributed by atoms with Crippen LogP contribution in [0.4, 0.5) is 5.82 Å². The van der Waals surface area contributed by atoms with Crippen molar-refractivity contribution < 1.29 is 19.6 Å². The molecule has 0 aliphatic heterocycles. The van der Waals surface area contributed by atoms with Gasteiger partial charge in [-0.15, -0.1) is 0 Å². The molecule has 0 spiro atoms. The first kappa shape index (κ1) is 16.0. The van der Waals surface area contributed by atoms with E-state index in [2.05, 4.69) is 10.3 Å². The molecule has 0 aromatic carbocycles. The van der Waals surface area contributed by atoms with Crippen LogP contribution in [0.5, 0.6) is 0 Å². The molecule has 20 heavy (non-hydrogen) atoms. The van der Waals surface area contributed by atoms with E-state index >= 15 is 0 Å². The van der Waals surface area contributed by atoms with Gasteiger partial charge in [-0.05, 0) is 9.91 Å². The second-order valence-corrected chi connectivity index (χ2v) is 5.01. The fourth-order valence-corrected chi connectivity index (χ4v) is 2.56. The van der Waals surface area contributed by atoms with Crippen molar-refractivity contribution in [1.29, 1.82) is 0 Å². The maximum absolute atomic E-state index is 11.0. The highest BCUT2D eigenvalue weighted by Gasteiger charge is 2.26. The number of nitro groups is 1. The number of hydrogen-bond acceptors (Lipinski definition) is 6. The molecule has 9 nitrogen and oxygen atoms in total. The molecule has 1 aromatic rings. The maximum Gasteiger partial charge on any atom is 0.396 e. The van der Waals surface area contributed by atoms with Crippen LogP contribution in [0.2, 0.25) is 0 Å². The number of hydrogen-bond donors (Lipinski definition) is 2. The lowest BCUT2D eigenvalue weighted by atomic mass is 10.3. The number of aromatic nitrogens is 2. The molecular formula is C10H14N4O5S. The summed E-state index contributed by atoms with van der Waals surface area (Å²) < 4.78 is 1.51. The van der Waals surface area contributed by atoms with Gasteiger partial charge in [0.15, 0.2) is 5.03 Å². The molecular weight excluding hydrogens is 288 g/mol. The largest absolute Gasteiger partial charge is 0.480 e. The molecule has 0 saturated heterocycles. The summed E-state index contributed by atoms with van der Waals surface area (Å²) in [6.07, 6.45) is 0. The highest BCUT2D eigenvalue weighted by atomic mass is 32.2. The second-order valence-electron chi connectivity index (χ2n) is 4.01. The fraction of sp³-hybridized carbons (Fsp3) is 0.500. The van der Waals surface area contributed by atoms with Crippen LogP contribution < -0.4 is 5.32 Å². The van der Waals surface area contributed by atoms with Crippen LogP contribution in [0.1, 0.15) is 12.7 Å². The lowest BCUT2D eigenvalue weighted by Crippen LogP contribution is -2.41. The highest BCUT2D eigenvalue weighted by Crippen LogP contribution is 2.29. The summed E-state index contributed by atoms with van der Waals surface area (Å²) in [4.78, 5) is 35.9. The Kier molecular flexibility index (Phi) is 5.08. The SMILES string of the molecule is CC(=O)NC(CSc1c([N+](=O)[O-])nc(C)n1C)C(=O)O. The van der Waals surface area contributed by atoms with Gasteiger partial charge >= 0.3 is 11.8 Å². The van der Waals surface area contributed by atoms with E-state index in [0.29, 0.717) is 5.82 Å². The average Bonchev–Trinajstić information content (AvgIpc) is 2.61. The number of aliphatic carboxylic acids is 1. The van der Waals surface area contributed by atoms with Crippen LogP contribution in [0.25, 0.3) is 0 Å². The molecule has 1 heterocycles. The van der Waals surface area contributed by atoms with Crippen molar-refractivity contribution in [3.63, 3.8) is 0 Å². The number of imidazole rings is 1. The van der Waals surface area contributed by atoms with E-state index in [-0.39, 0.29) is 16.6 Å². The number of nitrogens with one attached hydrogen (secondary N) is 1. The Morgan fingerprint density at radius 3 is 2.65 bits per heavy atom. The average molecular weight is 302 g/mol. The van der Waals surface area contributed by atoms with Crippen molar-refractivity contribution in [2.75, 3.05) is 5.75 Å². The molecule has 1 rings (SSSR count). The second kappa shape index (κ2) is 6.37. The molecule has 0 aliphatic carbocycles. The molecule has 0 bridgehead atoms. The van der Waals surface area contributed by atoms with Crippen LogP contribution >= 0.6 is 11.8 Å². The minimum Gasteiger partial charge on any atom is -0.480 e. The Morgan fingerprint density at radius 1 is 1.60 bits per heavy atom. The molecule has 1 unspecified atom stereocenters. The summed E-state index contributed by atoms with van der Waals surface area (Å²) in [6, 6.07) is -1.12. The topological polar surface area (TPSA) is 127 Å². The minimum absolute atomic E-state index is 0.0330. The molecule has 0 radical (unpaired) electrons. The third-order valence-electron chi connectivity index (χ3n) is 2.48. The van der Waals surface area contributed by atoms with Crippen molar-refractivity contribution in [2.45, 2.75) is 24.9 Å². The van der Waals surface area contributed by atoms with Crippen LogP contribution in [-0.4, -0.2) is 43.3 Å². The first-order valence-electron chi connectivity index (χ1n) is 5.54. The maximum atomic E-state index is 11.0. The van der Waals surface area contributed by atoms with Crippen LogP contribution in [0.15, 0.2) is 5.03 Å². The number of amides is 1. The molecule has 2 N–H and O–H groups in total. The fourth-order valence-electron chi connectivity index (χ4n) is 1.44. The smallest absolute Gasteiger partial charge is 0.396 e. The molecule has 110 valence electrons. The van der Waals surface area contributed by atoms with Gasteiger partial charge in [0.05, 0.1) is 0 Å². The molecule has 0 aliphatic rings. The van der Waals surface area contributed by atoms with Crippen molar-refractivity contribution in [2.24, 2.45) is 7.05 Å². The summed E-state index contributed by atoms with van der Waals surface area (Å²) in [7, 11) is 1.60. The predicted octanol–water partition coefficient (Wildman–Crippen LogP) is 0.318. The van der Waals surface area contributed by atoms with E-state index in [4.69, 9.17) is 5.11 Å². The Labute approximate surface area is 118 Å². The molecule has 1 amide bonds. The third-order valence-corrected chi connectivity index (χ3v) is 3.71. The van der Waals surface area contributed by atoms with E-state index < -0.39 is 22.8 Å². The zero-order valence-corrected chi connectivity index (χ0v) is 11.9. The lowest BCUT2D eigenvalue weighted by Gasteiger charge is -2.12. The Bertz CT molecular complexity index is 556. The summed E-state index contributed by atoms with van der Waals surface area (Å²) in [5.41, 5.74) is 0. The predicted molar refractivity (Wildman–Crippen MR) is 70.6 cm³/mol. The van der Waals surface area contributed by atoms with Gasteiger partial charge in [-0.25, -0.2) is 4.79 Å². The number of carboxylic acid groups (broad SMARTS) is 1. The minimum atomic E-state index is -1.20. The van der Waals surface area contributed by atoms with Gasteiger partial charge in [-0.3, -0.25) is 9.36 Å². The Balaban J connectivity index is 2.90. The van der Waals surface area contributed by atoms with Crippen LogP contribution in [0, 0.1) is 17.0 Å². The monoisotopic (exact) mass is 302 g/mol. The molecule has 0 fully saturated rings. The van der Waals surface area contributed by atoms with Crippen molar-refractivity contribution >= 4 is 29.5 Å². The quantitative estimate of drug-likeness (QED) is 0.440. The number of carboxylic acids is 1. The van der Waals surface area contributed by atoms with Gasteiger partial charge in [0.1, 0.15) is 6.04 Å². The Morgan fingerprint density at radius 2 is 2.20 bits per heavy atom. The number of carbonyl (C=O) groups excluding carboxylic acids is 1. The van der Waals surface area contributed by atoms with Crippen molar-refractivity contribution in [3.05, 3.63) is 15.9 Å². The van der Waals surface area contributed by atoms with Crippen molar-refractivity contribution in [3.8, 4) is 0 Å². The molecule has 0 saturated carbocycles. The summed E-state index contributed by atoms with van der Waals surface area (Å²) in [5.74, 6) is -1.58. The van der Waals surface area contributed by atoms with E-state index in [1.807, 2.05) is 0 Å². The Hall–Kier alpha value is -2.10.